The van der Waals surface area contributed by atoms with Gasteiger partial charge in [-0.3, -0.25) is 9.59 Å². The Morgan fingerprint density at radius 1 is 1.10 bits per heavy atom. The van der Waals surface area contributed by atoms with E-state index in [0.717, 1.165) is 21.9 Å². The van der Waals surface area contributed by atoms with Crippen molar-refractivity contribution in [2.75, 3.05) is 6.61 Å². The molecule has 0 aliphatic heterocycles. The maximum Gasteiger partial charge on any atom is 0.307 e. The third-order valence-electron chi connectivity index (χ3n) is 4.49. The highest BCUT2D eigenvalue weighted by Crippen LogP contribution is 2.26. The van der Waals surface area contributed by atoms with Crippen molar-refractivity contribution in [3.8, 4) is 16.3 Å². The number of carboxylic acids is 1. The number of carbonyl (C=O) groups excluding carboxylic acids is 1. The van der Waals surface area contributed by atoms with Crippen LogP contribution in [-0.4, -0.2) is 28.4 Å². The van der Waals surface area contributed by atoms with Gasteiger partial charge in [-0.25, -0.2) is 4.98 Å². The number of rotatable bonds is 10. The van der Waals surface area contributed by atoms with Crippen LogP contribution in [0.4, 0.5) is 0 Å². The highest BCUT2D eigenvalue weighted by molar-refractivity contribution is 7.13. The Morgan fingerprint density at radius 3 is 2.48 bits per heavy atom. The standard InChI is InChI=1S/C23H23NO4S/c1-2-28-21-10-8-17(9-11-21)22-24-19(15-29-22)14-20(25)13-18(23(26)27)12-16-6-4-3-5-7-16/h3-11,15,18H,2,12-14H2,1H3,(H,26,27)/t18-/m1/s1. The molecule has 1 N–H and O–H groups in total. The van der Waals surface area contributed by atoms with Gasteiger partial charge in [0.25, 0.3) is 0 Å². The van der Waals surface area contributed by atoms with E-state index in [-0.39, 0.29) is 18.6 Å². The van der Waals surface area contributed by atoms with Crippen molar-refractivity contribution in [2.45, 2.75) is 26.2 Å². The zero-order chi connectivity index (χ0) is 20.6. The molecule has 150 valence electrons. The van der Waals surface area contributed by atoms with Gasteiger partial charge >= 0.3 is 5.97 Å². The summed E-state index contributed by atoms with van der Waals surface area (Å²) in [5.41, 5.74) is 2.55. The van der Waals surface area contributed by atoms with Crippen LogP contribution in [0.3, 0.4) is 0 Å². The second-order valence-corrected chi connectivity index (χ2v) is 7.60. The van der Waals surface area contributed by atoms with Gasteiger partial charge < -0.3 is 9.84 Å². The number of Topliss-reactive ketones (excluding diaryl/α,β-unsaturated/α-hetero) is 1. The molecule has 3 rings (SSSR count). The van der Waals surface area contributed by atoms with E-state index in [4.69, 9.17) is 4.74 Å². The number of carbonyl (C=O) groups is 2. The van der Waals surface area contributed by atoms with Crippen LogP contribution < -0.4 is 4.74 Å². The van der Waals surface area contributed by atoms with Crippen LogP contribution in [0.5, 0.6) is 5.75 Å². The molecule has 0 bridgehead atoms. The van der Waals surface area contributed by atoms with E-state index < -0.39 is 11.9 Å². The number of carboxylic acid groups (broad SMARTS) is 1. The lowest BCUT2D eigenvalue weighted by molar-refractivity contribution is -0.143. The molecular formula is C23H23NO4S. The summed E-state index contributed by atoms with van der Waals surface area (Å²) in [7, 11) is 0. The van der Waals surface area contributed by atoms with Gasteiger partial charge in [0, 0.05) is 23.8 Å². The van der Waals surface area contributed by atoms with E-state index in [0.29, 0.717) is 18.7 Å². The van der Waals surface area contributed by atoms with Gasteiger partial charge in [-0.2, -0.15) is 0 Å². The second kappa shape index (κ2) is 9.98. The number of thiazole rings is 1. The molecule has 2 aromatic carbocycles. The Hall–Kier alpha value is -2.99. The van der Waals surface area contributed by atoms with Crippen LogP contribution in [0.25, 0.3) is 10.6 Å². The fourth-order valence-corrected chi connectivity index (χ4v) is 3.90. The molecule has 29 heavy (non-hydrogen) atoms. The molecule has 3 aromatic rings. The number of aromatic nitrogens is 1. The average molecular weight is 410 g/mol. The van der Waals surface area contributed by atoms with Gasteiger partial charge in [0.2, 0.25) is 0 Å². The Morgan fingerprint density at radius 2 is 1.83 bits per heavy atom. The number of hydrogen-bond donors (Lipinski definition) is 1. The van der Waals surface area contributed by atoms with Crippen LogP contribution in [0, 0.1) is 5.92 Å². The zero-order valence-corrected chi connectivity index (χ0v) is 17.0. The minimum atomic E-state index is -0.949. The molecule has 1 aromatic heterocycles. The summed E-state index contributed by atoms with van der Waals surface area (Å²) in [6, 6.07) is 17.0. The Labute approximate surface area is 174 Å². The van der Waals surface area contributed by atoms with E-state index in [2.05, 4.69) is 4.98 Å². The highest BCUT2D eigenvalue weighted by atomic mass is 32.1. The molecule has 5 nitrogen and oxygen atoms in total. The fraction of sp³-hybridized carbons (Fsp3) is 0.261. The summed E-state index contributed by atoms with van der Waals surface area (Å²) < 4.78 is 5.44. The molecule has 0 unspecified atom stereocenters. The van der Waals surface area contributed by atoms with Gasteiger partial charge in [-0.05, 0) is 43.2 Å². The third-order valence-corrected chi connectivity index (χ3v) is 5.43. The number of nitrogens with zero attached hydrogens (tertiary/aromatic N) is 1. The lowest BCUT2D eigenvalue weighted by Gasteiger charge is -2.11. The predicted octanol–water partition coefficient (Wildman–Crippen LogP) is 4.65. The number of aliphatic carboxylic acids is 1. The molecule has 0 amide bonds. The lowest BCUT2D eigenvalue weighted by Crippen LogP contribution is -2.21. The minimum absolute atomic E-state index is 0.000140. The zero-order valence-electron chi connectivity index (χ0n) is 16.2. The Balaban J connectivity index is 1.60. The van der Waals surface area contributed by atoms with Crippen LogP contribution in [0.15, 0.2) is 60.0 Å². The smallest absolute Gasteiger partial charge is 0.307 e. The highest BCUT2D eigenvalue weighted by Gasteiger charge is 2.22. The molecule has 0 saturated carbocycles. The molecule has 0 saturated heterocycles. The van der Waals surface area contributed by atoms with Crippen LogP contribution in [0.1, 0.15) is 24.6 Å². The van der Waals surface area contributed by atoms with Crippen molar-refractivity contribution in [1.82, 2.24) is 4.98 Å². The summed E-state index contributed by atoms with van der Waals surface area (Å²) in [5.74, 6) is -0.983. The van der Waals surface area contributed by atoms with Gasteiger partial charge in [0.1, 0.15) is 16.5 Å². The van der Waals surface area contributed by atoms with Crippen molar-refractivity contribution in [3.63, 3.8) is 0 Å². The summed E-state index contributed by atoms with van der Waals surface area (Å²) in [5, 5.41) is 12.2. The topological polar surface area (TPSA) is 76.5 Å². The molecule has 0 radical (unpaired) electrons. The van der Waals surface area contributed by atoms with Gasteiger partial charge in [-0.15, -0.1) is 11.3 Å². The van der Waals surface area contributed by atoms with Crippen LogP contribution in [0.2, 0.25) is 0 Å². The first kappa shape index (κ1) is 20.7. The normalized spacial score (nSPS) is 11.8. The van der Waals surface area contributed by atoms with Crippen molar-refractivity contribution >= 4 is 23.1 Å². The Bertz CT molecular complexity index is 951. The van der Waals surface area contributed by atoms with Crippen LogP contribution >= 0.6 is 11.3 Å². The number of ketones is 1. The van der Waals surface area contributed by atoms with Gasteiger partial charge in [0.15, 0.2) is 0 Å². The first-order valence-corrected chi connectivity index (χ1v) is 10.4. The molecule has 0 fully saturated rings. The van der Waals surface area contributed by atoms with Crippen LogP contribution in [-0.2, 0) is 22.4 Å². The second-order valence-electron chi connectivity index (χ2n) is 6.75. The van der Waals surface area contributed by atoms with Gasteiger partial charge in [-0.1, -0.05) is 30.3 Å². The minimum Gasteiger partial charge on any atom is -0.494 e. The summed E-state index contributed by atoms with van der Waals surface area (Å²) in [6.07, 6.45) is 0.489. The van der Waals surface area contributed by atoms with E-state index in [1.165, 1.54) is 11.3 Å². The molecule has 0 aliphatic rings. The van der Waals surface area contributed by atoms with E-state index in [1.54, 1.807) is 0 Å². The Kier molecular flexibility index (Phi) is 7.14. The SMILES string of the molecule is CCOc1ccc(-c2nc(CC(=O)C[C@@H](Cc3ccccc3)C(=O)O)cs2)cc1. The van der Waals surface area contributed by atoms with Gasteiger partial charge in [0.05, 0.1) is 18.2 Å². The summed E-state index contributed by atoms with van der Waals surface area (Å²) >= 11 is 1.47. The van der Waals surface area contributed by atoms with Crippen molar-refractivity contribution < 1.29 is 19.4 Å². The molecular weight excluding hydrogens is 386 g/mol. The van der Waals surface area contributed by atoms with E-state index in [1.807, 2.05) is 66.9 Å². The molecule has 6 heteroatoms. The predicted molar refractivity (Wildman–Crippen MR) is 113 cm³/mol. The third kappa shape index (κ3) is 5.99. The summed E-state index contributed by atoms with van der Waals surface area (Å²) in [4.78, 5) is 28.6. The number of ether oxygens (including phenoxy) is 1. The van der Waals surface area contributed by atoms with Crippen molar-refractivity contribution in [2.24, 2.45) is 5.92 Å². The van der Waals surface area contributed by atoms with E-state index >= 15 is 0 Å². The molecule has 1 atom stereocenters. The molecule has 0 spiro atoms. The van der Waals surface area contributed by atoms with Crippen molar-refractivity contribution in [3.05, 3.63) is 71.2 Å². The maximum absolute atomic E-state index is 12.5. The number of benzene rings is 2. The fourth-order valence-electron chi connectivity index (χ4n) is 3.08. The first-order valence-electron chi connectivity index (χ1n) is 9.51. The summed E-state index contributed by atoms with van der Waals surface area (Å²) in [6.45, 7) is 2.55. The average Bonchev–Trinajstić information content (AvgIpc) is 3.17. The molecule has 0 aliphatic carbocycles. The van der Waals surface area contributed by atoms with E-state index in [9.17, 15) is 14.7 Å². The quantitative estimate of drug-likeness (QED) is 0.527. The van der Waals surface area contributed by atoms with Crippen molar-refractivity contribution in [1.29, 1.82) is 0 Å². The lowest BCUT2D eigenvalue weighted by atomic mass is 9.93. The monoisotopic (exact) mass is 409 g/mol. The maximum atomic E-state index is 12.5. The first-order chi connectivity index (χ1) is 14.0. The largest absolute Gasteiger partial charge is 0.494 e. The molecule has 1 heterocycles. The number of hydrogen-bond acceptors (Lipinski definition) is 5.